The molecule has 0 heterocycles. The Kier molecular flexibility index (Phi) is 4.45. The average Bonchev–Trinajstić information content (AvgIpc) is 2.13. The first kappa shape index (κ1) is 14.6. The van der Waals surface area contributed by atoms with Crippen molar-refractivity contribution in [1.29, 1.82) is 0 Å². The zero-order chi connectivity index (χ0) is 13.9. The molecule has 0 saturated heterocycles. The van der Waals surface area contributed by atoms with E-state index in [9.17, 15) is 22.4 Å². The molecule has 0 N–H and O–H groups in total. The van der Waals surface area contributed by atoms with E-state index < -0.39 is 31.0 Å². The van der Waals surface area contributed by atoms with E-state index >= 15 is 0 Å². The molecule has 2 nitrogen and oxygen atoms in total. The summed E-state index contributed by atoms with van der Waals surface area (Å²) in [6.07, 6.45) is -4.47. The Morgan fingerprint density at radius 2 is 1.72 bits per heavy atom. The minimum atomic E-state index is -4.47. The number of hydrogen-bond acceptors (Lipinski definition) is 2. The molecule has 0 aliphatic heterocycles. The molecule has 6 heteroatoms. The van der Waals surface area contributed by atoms with Gasteiger partial charge in [0, 0.05) is 5.56 Å². The Morgan fingerprint density at radius 3 is 2.17 bits per heavy atom. The Balaban J connectivity index is 2.74. The SMILES string of the molecule is Cc1cc(F)cc(C)c1C(=O)COCC(F)(F)F. The van der Waals surface area contributed by atoms with Gasteiger partial charge in [0.2, 0.25) is 0 Å². The van der Waals surface area contributed by atoms with Crippen LogP contribution in [0.5, 0.6) is 0 Å². The summed E-state index contributed by atoms with van der Waals surface area (Å²) < 4.78 is 52.8. The topological polar surface area (TPSA) is 26.3 Å². The molecular weight excluding hydrogens is 252 g/mol. The number of hydrogen-bond donors (Lipinski definition) is 0. The predicted molar refractivity (Wildman–Crippen MR) is 57.1 cm³/mol. The van der Waals surface area contributed by atoms with Crippen molar-refractivity contribution in [1.82, 2.24) is 0 Å². The van der Waals surface area contributed by atoms with Gasteiger partial charge in [-0.3, -0.25) is 4.79 Å². The Hall–Kier alpha value is -1.43. The third-order valence-corrected chi connectivity index (χ3v) is 2.28. The number of Topliss-reactive ketones (excluding diaryl/α,β-unsaturated/α-hetero) is 1. The van der Waals surface area contributed by atoms with Crippen LogP contribution in [0.15, 0.2) is 12.1 Å². The zero-order valence-electron chi connectivity index (χ0n) is 9.90. The van der Waals surface area contributed by atoms with Crippen LogP contribution in [0.2, 0.25) is 0 Å². The fourth-order valence-corrected chi connectivity index (χ4v) is 1.68. The summed E-state index contributed by atoms with van der Waals surface area (Å²) in [5.74, 6) is -1.08. The highest BCUT2D eigenvalue weighted by Crippen LogP contribution is 2.18. The minimum Gasteiger partial charge on any atom is -0.364 e. The molecule has 0 atom stereocenters. The number of benzene rings is 1. The maximum atomic E-state index is 13.0. The number of aryl methyl sites for hydroxylation is 2. The van der Waals surface area contributed by atoms with Gasteiger partial charge in [0.1, 0.15) is 19.0 Å². The second-order valence-corrected chi connectivity index (χ2v) is 3.95. The van der Waals surface area contributed by atoms with Gasteiger partial charge >= 0.3 is 6.18 Å². The van der Waals surface area contributed by atoms with Crippen molar-refractivity contribution < 1.29 is 27.1 Å². The van der Waals surface area contributed by atoms with Crippen molar-refractivity contribution in [3.63, 3.8) is 0 Å². The minimum absolute atomic E-state index is 0.207. The third kappa shape index (κ3) is 4.10. The van der Waals surface area contributed by atoms with E-state index in [0.717, 1.165) is 12.1 Å². The Labute approximate surface area is 102 Å². The summed E-state index contributed by atoms with van der Waals surface area (Å²) in [6, 6.07) is 2.31. The average molecular weight is 264 g/mol. The van der Waals surface area contributed by atoms with E-state index in [1.54, 1.807) is 0 Å². The van der Waals surface area contributed by atoms with Gasteiger partial charge in [-0.25, -0.2) is 4.39 Å². The molecule has 0 aromatic heterocycles. The van der Waals surface area contributed by atoms with Crippen molar-refractivity contribution >= 4 is 5.78 Å². The van der Waals surface area contributed by atoms with Gasteiger partial charge in [0.15, 0.2) is 5.78 Å². The van der Waals surface area contributed by atoms with Crippen LogP contribution in [0.1, 0.15) is 21.5 Å². The van der Waals surface area contributed by atoms with E-state index in [-0.39, 0.29) is 5.56 Å². The van der Waals surface area contributed by atoms with Gasteiger partial charge in [0.05, 0.1) is 0 Å². The van der Waals surface area contributed by atoms with Gasteiger partial charge < -0.3 is 4.74 Å². The van der Waals surface area contributed by atoms with Crippen LogP contribution in [-0.2, 0) is 4.74 Å². The van der Waals surface area contributed by atoms with E-state index in [2.05, 4.69) is 4.74 Å². The van der Waals surface area contributed by atoms with Gasteiger partial charge in [-0.2, -0.15) is 13.2 Å². The molecule has 0 unspecified atom stereocenters. The largest absolute Gasteiger partial charge is 0.411 e. The first-order chi connectivity index (χ1) is 8.20. The summed E-state index contributed by atoms with van der Waals surface area (Å²) in [5, 5.41) is 0. The first-order valence-electron chi connectivity index (χ1n) is 5.15. The van der Waals surface area contributed by atoms with Crippen LogP contribution in [0.3, 0.4) is 0 Å². The summed E-state index contributed by atoms with van der Waals surface area (Å²) >= 11 is 0. The maximum Gasteiger partial charge on any atom is 0.411 e. The number of halogens is 4. The van der Waals surface area contributed by atoms with Crippen molar-refractivity contribution in [3.8, 4) is 0 Å². The number of carbonyl (C=O) groups is 1. The van der Waals surface area contributed by atoms with Crippen LogP contribution in [0.4, 0.5) is 17.6 Å². The van der Waals surface area contributed by atoms with Crippen molar-refractivity contribution in [2.45, 2.75) is 20.0 Å². The lowest BCUT2D eigenvalue weighted by Crippen LogP contribution is -2.21. The molecule has 0 bridgehead atoms. The third-order valence-electron chi connectivity index (χ3n) is 2.28. The molecule has 1 aromatic carbocycles. The van der Waals surface area contributed by atoms with Crippen molar-refractivity contribution in [2.24, 2.45) is 0 Å². The second-order valence-electron chi connectivity index (χ2n) is 3.95. The second kappa shape index (κ2) is 5.48. The van der Waals surface area contributed by atoms with Gasteiger partial charge in [-0.15, -0.1) is 0 Å². The highest BCUT2D eigenvalue weighted by molar-refractivity contribution is 5.99. The first-order valence-corrected chi connectivity index (χ1v) is 5.15. The summed E-state index contributed by atoms with van der Waals surface area (Å²) in [4.78, 5) is 11.7. The molecule has 18 heavy (non-hydrogen) atoms. The molecule has 0 fully saturated rings. The molecular formula is C12H12F4O2. The number of ether oxygens (including phenoxy) is 1. The monoisotopic (exact) mass is 264 g/mol. The molecule has 0 saturated carbocycles. The molecule has 0 radical (unpaired) electrons. The molecule has 0 aliphatic carbocycles. The van der Waals surface area contributed by atoms with Crippen LogP contribution < -0.4 is 0 Å². The normalized spacial score (nSPS) is 11.7. The number of carbonyl (C=O) groups excluding carboxylic acids is 1. The number of rotatable bonds is 4. The molecule has 100 valence electrons. The summed E-state index contributed by atoms with van der Waals surface area (Å²) in [7, 11) is 0. The smallest absolute Gasteiger partial charge is 0.364 e. The lowest BCUT2D eigenvalue weighted by atomic mass is 9.99. The maximum absolute atomic E-state index is 13.0. The van der Waals surface area contributed by atoms with Crippen molar-refractivity contribution in [3.05, 3.63) is 34.6 Å². The van der Waals surface area contributed by atoms with Crippen LogP contribution in [0.25, 0.3) is 0 Å². The number of alkyl halides is 3. The Morgan fingerprint density at radius 1 is 1.22 bits per heavy atom. The lowest BCUT2D eigenvalue weighted by Gasteiger charge is -2.10. The standard InChI is InChI=1S/C12H12F4O2/c1-7-3-9(13)4-8(2)11(7)10(17)5-18-6-12(14,15)16/h3-4H,5-6H2,1-2H3. The quantitative estimate of drug-likeness (QED) is 0.616. The fourth-order valence-electron chi connectivity index (χ4n) is 1.68. The lowest BCUT2D eigenvalue weighted by molar-refractivity contribution is -0.170. The van der Waals surface area contributed by atoms with Gasteiger partial charge in [-0.05, 0) is 37.1 Å². The highest BCUT2D eigenvalue weighted by atomic mass is 19.4. The van der Waals surface area contributed by atoms with E-state index in [4.69, 9.17) is 0 Å². The van der Waals surface area contributed by atoms with Crippen LogP contribution in [0, 0.1) is 19.7 Å². The molecule has 0 spiro atoms. The molecule has 0 aliphatic rings. The van der Waals surface area contributed by atoms with Gasteiger partial charge in [-0.1, -0.05) is 0 Å². The molecule has 0 amide bonds. The van der Waals surface area contributed by atoms with Crippen LogP contribution in [-0.4, -0.2) is 25.2 Å². The van der Waals surface area contributed by atoms with E-state index in [0.29, 0.717) is 11.1 Å². The Bertz CT molecular complexity index is 429. The van der Waals surface area contributed by atoms with Gasteiger partial charge in [0.25, 0.3) is 0 Å². The predicted octanol–water partition coefficient (Wildman–Crippen LogP) is 3.20. The van der Waals surface area contributed by atoms with Crippen LogP contribution >= 0.6 is 0 Å². The number of ketones is 1. The molecule has 1 rings (SSSR count). The zero-order valence-corrected chi connectivity index (χ0v) is 9.90. The highest BCUT2D eigenvalue weighted by Gasteiger charge is 2.28. The van der Waals surface area contributed by atoms with Crippen molar-refractivity contribution in [2.75, 3.05) is 13.2 Å². The van der Waals surface area contributed by atoms with E-state index in [1.807, 2.05) is 0 Å². The summed E-state index contributed by atoms with van der Waals surface area (Å²) in [6.45, 7) is 0.894. The molecule has 1 aromatic rings. The van der Waals surface area contributed by atoms with E-state index in [1.165, 1.54) is 13.8 Å². The summed E-state index contributed by atoms with van der Waals surface area (Å²) in [5.41, 5.74) is 0.972. The fraction of sp³-hybridized carbons (Fsp3) is 0.417.